The Morgan fingerprint density at radius 1 is 1.43 bits per heavy atom. The molecule has 0 spiro atoms. The zero-order valence-electron chi connectivity index (χ0n) is 8.98. The van der Waals surface area contributed by atoms with Crippen molar-refractivity contribution in [3.05, 3.63) is 0 Å². The molecule has 2 aliphatic rings. The van der Waals surface area contributed by atoms with E-state index < -0.39 is 0 Å². The van der Waals surface area contributed by atoms with Gasteiger partial charge in [0.1, 0.15) is 0 Å². The second-order valence-electron chi connectivity index (χ2n) is 4.52. The first kappa shape index (κ1) is 10.4. The van der Waals surface area contributed by atoms with E-state index in [0.717, 1.165) is 45.4 Å². The Kier molecular flexibility index (Phi) is 3.42. The highest BCUT2D eigenvalue weighted by atomic mass is 16.5. The summed E-state index contributed by atoms with van der Waals surface area (Å²) < 4.78 is 5.64. The Morgan fingerprint density at radius 2 is 2.29 bits per heavy atom. The molecule has 0 amide bonds. The molecule has 3 unspecified atom stereocenters. The fraction of sp³-hybridized carbons (Fsp3) is 1.00. The van der Waals surface area contributed by atoms with Crippen molar-refractivity contribution in [3.8, 4) is 0 Å². The average Bonchev–Trinajstić information content (AvgIpc) is 2.65. The summed E-state index contributed by atoms with van der Waals surface area (Å²) in [6.45, 7) is 5.16. The number of hydrogen-bond donors (Lipinski definition) is 1. The molecule has 0 aromatic rings. The summed E-state index contributed by atoms with van der Waals surface area (Å²) in [5.41, 5.74) is 0. The van der Waals surface area contributed by atoms with E-state index in [-0.39, 0.29) is 6.10 Å². The summed E-state index contributed by atoms with van der Waals surface area (Å²) in [5, 5.41) is 9.50. The minimum atomic E-state index is -0.0529. The number of aliphatic hydroxyl groups is 1. The minimum absolute atomic E-state index is 0.0529. The van der Waals surface area contributed by atoms with Crippen LogP contribution in [0.3, 0.4) is 0 Å². The summed E-state index contributed by atoms with van der Waals surface area (Å²) in [4.78, 5) is 2.51. The first-order chi connectivity index (χ1) is 6.79. The van der Waals surface area contributed by atoms with Crippen molar-refractivity contribution >= 4 is 0 Å². The monoisotopic (exact) mass is 199 g/mol. The highest BCUT2D eigenvalue weighted by molar-refractivity contribution is 4.85. The number of nitrogens with zero attached hydrogens (tertiary/aromatic N) is 1. The zero-order valence-corrected chi connectivity index (χ0v) is 8.98. The molecule has 2 fully saturated rings. The van der Waals surface area contributed by atoms with Crippen molar-refractivity contribution < 1.29 is 9.84 Å². The van der Waals surface area contributed by atoms with Crippen LogP contribution in [0.5, 0.6) is 0 Å². The molecule has 1 aliphatic carbocycles. The zero-order chi connectivity index (χ0) is 9.97. The van der Waals surface area contributed by atoms with Gasteiger partial charge in [-0.3, -0.25) is 4.90 Å². The average molecular weight is 199 g/mol. The molecule has 3 heteroatoms. The molecule has 1 saturated carbocycles. The maximum atomic E-state index is 9.50. The number of hydrogen-bond acceptors (Lipinski definition) is 3. The van der Waals surface area contributed by atoms with E-state index in [4.69, 9.17) is 4.74 Å². The van der Waals surface area contributed by atoms with Crippen molar-refractivity contribution in [3.63, 3.8) is 0 Å². The topological polar surface area (TPSA) is 32.7 Å². The predicted octanol–water partition coefficient (Wildman–Crippen LogP) is 1.01. The van der Waals surface area contributed by atoms with Crippen LogP contribution in [0.25, 0.3) is 0 Å². The van der Waals surface area contributed by atoms with Gasteiger partial charge in [0.05, 0.1) is 18.8 Å². The highest BCUT2D eigenvalue weighted by Crippen LogP contribution is 2.25. The van der Waals surface area contributed by atoms with Crippen LogP contribution in [-0.4, -0.2) is 48.0 Å². The van der Waals surface area contributed by atoms with E-state index in [1.54, 1.807) is 0 Å². The van der Waals surface area contributed by atoms with Crippen LogP contribution < -0.4 is 0 Å². The maximum absolute atomic E-state index is 9.50. The lowest BCUT2D eigenvalue weighted by Gasteiger charge is -2.36. The van der Waals surface area contributed by atoms with E-state index in [9.17, 15) is 5.11 Å². The molecule has 3 atom stereocenters. The lowest BCUT2D eigenvalue weighted by atomic mass is 10.1. The van der Waals surface area contributed by atoms with Crippen LogP contribution in [0.4, 0.5) is 0 Å². The minimum Gasteiger partial charge on any atom is -0.393 e. The van der Waals surface area contributed by atoms with Gasteiger partial charge in [-0.2, -0.15) is 0 Å². The molecule has 82 valence electrons. The Balaban J connectivity index is 1.84. The molecule has 2 rings (SSSR count). The molecule has 14 heavy (non-hydrogen) atoms. The predicted molar refractivity (Wildman–Crippen MR) is 55.2 cm³/mol. The van der Waals surface area contributed by atoms with E-state index in [0.29, 0.717) is 12.1 Å². The van der Waals surface area contributed by atoms with Crippen molar-refractivity contribution in [2.45, 2.75) is 50.9 Å². The summed E-state index contributed by atoms with van der Waals surface area (Å²) in [7, 11) is 0. The van der Waals surface area contributed by atoms with Gasteiger partial charge in [0, 0.05) is 19.1 Å². The SMILES string of the molecule is CCC1CN(C2CCC(O)C2)CCO1. The molecule has 0 aromatic carbocycles. The molecular weight excluding hydrogens is 178 g/mol. The summed E-state index contributed by atoms with van der Waals surface area (Å²) in [6.07, 6.45) is 4.59. The molecule has 0 aromatic heterocycles. The summed E-state index contributed by atoms with van der Waals surface area (Å²) in [5.74, 6) is 0. The third-order valence-corrected chi connectivity index (χ3v) is 3.52. The number of rotatable bonds is 2. The third kappa shape index (κ3) is 2.27. The van der Waals surface area contributed by atoms with Crippen LogP contribution in [0.15, 0.2) is 0 Å². The van der Waals surface area contributed by atoms with E-state index >= 15 is 0 Å². The van der Waals surface area contributed by atoms with Crippen LogP contribution in [0, 0.1) is 0 Å². The normalized spacial score (nSPS) is 40.3. The molecule has 3 nitrogen and oxygen atoms in total. The molecule has 1 aliphatic heterocycles. The molecule has 1 saturated heterocycles. The lowest BCUT2D eigenvalue weighted by molar-refractivity contribution is -0.0447. The second-order valence-corrected chi connectivity index (χ2v) is 4.52. The number of aliphatic hydroxyl groups excluding tert-OH is 1. The van der Waals surface area contributed by atoms with Crippen LogP contribution >= 0.6 is 0 Å². The Morgan fingerprint density at radius 3 is 2.93 bits per heavy atom. The van der Waals surface area contributed by atoms with E-state index in [2.05, 4.69) is 11.8 Å². The fourth-order valence-corrected chi connectivity index (χ4v) is 2.59. The van der Waals surface area contributed by atoms with Crippen LogP contribution in [-0.2, 0) is 4.74 Å². The van der Waals surface area contributed by atoms with Gasteiger partial charge in [-0.05, 0) is 25.7 Å². The Hall–Kier alpha value is -0.120. The van der Waals surface area contributed by atoms with Gasteiger partial charge in [-0.1, -0.05) is 6.92 Å². The maximum Gasteiger partial charge on any atom is 0.0700 e. The van der Waals surface area contributed by atoms with Crippen molar-refractivity contribution in [2.24, 2.45) is 0 Å². The fourth-order valence-electron chi connectivity index (χ4n) is 2.59. The largest absolute Gasteiger partial charge is 0.393 e. The number of morpholine rings is 1. The highest BCUT2D eigenvalue weighted by Gasteiger charge is 2.31. The van der Waals surface area contributed by atoms with Gasteiger partial charge >= 0.3 is 0 Å². The van der Waals surface area contributed by atoms with Crippen molar-refractivity contribution in [1.29, 1.82) is 0 Å². The van der Waals surface area contributed by atoms with Gasteiger partial charge in [-0.15, -0.1) is 0 Å². The second kappa shape index (κ2) is 4.60. The molecule has 1 N–H and O–H groups in total. The molecule has 1 heterocycles. The molecule has 0 radical (unpaired) electrons. The quantitative estimate of drug-likeness (QED) is 0.720. The van der Waals surface area contributed by atoms with Crippen LogP contribution in [0.1, 0.15) is 32.6 Å². The summed E-state index contributed by atoms with van der Waals surface area (Å²) in [6, 6.07) is 0.614. The van der Waals surface area contributed by atoms with Crippen LogP contribution in [0.2, 0.25) is 0 Å². The number of ether oxygens (including phenoxy) is 1. The third-order valence-electron chi connectivity index (χ3n) is 3.52. The van der Waals surface area contributed by atoms with Gasteiger partial charge in [-0.25, -0.2) is 0 Å². The van der Waals surface area contributed by atoms with Gasteiger partial charge < -0.3 is 9.84 Å². The van der Waals surface area contributed by atoms with Crippen molar-refractivity contribution in [1.82, 2.24) is 4.90 Å². The van der Waals surface area contributed by atoms with Gasteiger partial charge in [0.15, 0.2) is 0 Å². The first-order valence-corrected chi connectivity index (χ1v) is 5.83. The molecular formula is C11H21NO2. The van der Waals surface area contributed by atoms with Gasteiger partial charge in [0.25, 0.3) is 0 Å². The van der Waals surface area contributed by atoms with Crippen molar-refractivity contribution in [2.75, 3.05) is 19.7 Å². The van der Waals surface area contributed by atoms with E-state index in [1.165, 1.54) is 0 Å². The lowest BCUT2D eigenvalue weighted by Crippen LogP contribution is -2.46. The standard InChI is InChI=1S/C11H21NO2/c1-2-11-8-12(5-6-14-11)9-3-4-10(13)7-9/h9-11,13H,2-8H2,1H3. The van der Waals surface area contributed by atoms with E-state index in [1.807, 2.05) is 0 Å². The Labute approximate surface area is 86.0 Å². The first-order valence-electron chi connectivity index (χ1n) is 5.83. The Bertz CT molecular complexity index is 186. The smallest absolute Gasteiger partial charge is 0.0700 e. The molecule has 0 bridgehead atoms. The summed E-state index contributed by atoms with van der Waals surface area (Å²) >= 11 is 0. The van der Waals surface area contributed by atoms with Gasteiger partial charge in [0.2, 0.25) is 0 Å².